The zero-order valence-electron chi connectivity index (χ0n) is 8.56. The number of alkyl halides is 4. The average Bonchev–Trinajstić information content (AvgIpc) is 2.24. The Morgan fingerprint density at radius 1 is 1.24 bits per heavy atom. The van der Waals surface area contributed by atoms with E-state index in [1.165, 1.54) is 12.1 Å². The van der Waals surface area contributed by atoms with E-state index >= 15 is 0 Å². The Labute approximate surface area is 104 Å². The van der Waals surface area contributed by atoms with Crippen molar-refractivity contribution < 1.29 is 27.0 Å². The van der Waals surface area contributed by atoms with Crippen LogP contribution in [-0.4, -0.2) is 19.6 Å². The van der Waals surface area contributed by atoms with Crippen molar-refractivity contribution in [1.29, 1.82) is 0 Å². The van der Waals surface area contributed by atoms with E-state index in [-0.39, 0.29) is 5.75 Å². The molecule has 2 nitrogen and oxygen atoms in total. The average molecular weight is 317 g/mol. The van der Waals surface area contributed by atoms with Crippen molar-refractivity contribution in [3.63, 3.8) is 0 Å². The Bertz CT molecular complexity index is 368. The number of hydrogen-bond donors (Lipinski definition) is 0. The Kier molecular flexibility index (Phi) is 5.20. The molecule has 0 aliphatic heterocycles. The zero-order valence-corrected chi connectivity index (χ0v) is 10.1. The Hall–Kier alpha value is -0.820. The summed E-state index contributed by atoms with van der Waals surface area (Å²) >= 11 is 3.14. The van der Waals surface area contributed by atoms with Gasteiger partial charge in [0, 0.05) is 5.33 Å². The van der Waals surface area contributed by atoms with Gasteiger partial charge >= 0.3 is 6.18 Å². The fraction of sp³-hybridized carbons (Fsp3) is 0.400. The van der Waals surface area contributed by atoms with Crippen molar-refractivity contribution >= 4 is 15.9 Å². The lowest BCUT2D eigenvalue weighted by Crippen LogP contribution is -2.19. The van der Waals surface area contributed by atoms with Crippen molar-refractivity contribution in [1.82, 2.24) is 0 Å². The molecule has 1 aromatic rings. The maximum absolute atomic E-state index is 13.3. The third-order valence-corrected chi connectivity index (χ3v) is 2.36. The van der Waals surface area contributed by atoms with E-state index in [1.807, 2.05) is 0 Å². The number of rotatable bonds is 5. The first kappa shape index (κ1) is 14.2. The van der Waals surface area contributed by atoms with Gasteiger partial charge in [0.2, 0.25) is 0 Å². The summed E-state index contributed by atoms with van der Waals surface area (Å²) < 4.78 is 57.3. The molecular formula is C10H9BrF4O2. The second-order valence-corrected chi connectivity index (χ2v) is 3.68. The van der Waals surface area contributed by atoms with Crippen LogP contribution in [0.5, 0.6) is 5.75 Å². The summed E-state index contributed by atoms with van der Waals surface area (Å²) in [5.74, 6) is -0.783. The Morgan fingerprint density at radius 2 is 1.94 bits per heavy atom. The standard InChI is InChI=1S/C10H9BrF4O2/c11-4-7-1-2-9(8(12)3-7)17-6-16-5-10(13,14)15/h1-3H,4-6H2. The van der Waals surface area contributed by atoms with E-state index in [0.717, 1.165) is 0 Å². The fourth-order valence-electron chi connectivity index (χ4n) is 1.01. The van der Waals surface area contributed by atoms with Gasteiger partial charge in [-0.25, -0.2) is 4.39 Å². The van der Waals surface area contributed by atoms with Crippen LogP contribution in [0.25, 0.3) is 0 Å². The van der Waals surface area contributed by atoms with Crippen molar-refractivity contribution in [2.45, 2.75) is 11.5 Å². The molecule has 0 aromatic heterocycles. The van der Waals surface area contributed by atoms with E-state index in [9.17, 15) is 17.6 Å². The third kappa shape index (κ3) is 5.36. The van der Waals surface area contributed by atoms with Crippen LogP contribution in [0, 0.1) is 5.82 Å². The van der Waals surface area contributed by atoms with Crippen molar-refractivity contribution in [3.8, 4) is 5.75 Å². The van der Waals surface area contributed by atoms with Crippen molar-refractivity contribution in [2.75, 3.05) is 13.4 Å². The third-order valence-electron chi connectivity index (χ3n) is 1.71. The molecule has 0 aliphatic carbocycles. The maximum Gasteiger partial charge on any atom is 0.411 e. The predicted octanol–water partition coefficient (Wildman–Crippen LogP) is 3.64. The highest BCUT2D eigenvalue weighted by Crippen LogP contribution is 2.20. The van der Waals surface area contributed by atoms with E-state index < -0.39 is 25.4 Å². The lowest BCUT2D eigenvalue weighted by atomic mass is 10.2. The van der Waals surface area contributed by atoms with Gasteiger partial charge in [0.05, 0.1) is 0 Å². The van der Waals surface area contributed by atoms with Crippen LogP contribution in [0.3, 0.4) is 0 Å². The molecule has 0 atom stereocenters. The maximum atomic E-state index is 13.3. The normalized spacial score (nSPS) is 11.6. The van der Waals surface area contributed by atoms with Crippen LogP contribution < -0.4 is 4.74 Å². The number of benzene rings is 1. The molecule has 7 heteroatoms. The largest absolute Gasteiger partial charge is 0.464 e. The first-order chi connectivity index (χ1) is 7.92. The monoisotopic (exact) mass is 316 g/mol. The van der Waals surface area contributed by atoms with Crippen LogP contribution in [0.1, 0.15) is 5.56 Å². The van der Waals surface area contributed by atoms with E-state index in [0.29, 0.717) is 10.9 Å². The minimum absolute atomic E-state index is 0.142. The summed E-state index contributed by atoms with van der Waals surface area (Å²) in [6.45, 7) is -2.07. The van der Waals surface area contributed by atoms with Gasteiger partial charge < -0.3 is 9.47 Å². The summed E-state index contributed by atoms with van der Waals surface area (Å²) in [6.07, 6.45) is -4.41. The van der Waals surface area contributed by atoms with Crippen LogP contribution in [0.15, 0.2) is 18.2 Å². The van der Waals surface area contributed by atoms with Crippen LogP contribution >= 0.6 is 15.9 Å². The van der Waals surface area contributed by atoms with E-state index in [4.69, 9.17) is 4.74 Å². The molecule has 0 saturated carbocycles. The fourth-order valence-corrected chi connectivity index (χ4v) is 1.36. The first-order valence-electron chi connectivity index (χ1n) is 4.54. The summed E-state index contributed by atoms with van der Waals surface area (Å²) in [6, 6.07) is 4.16. The van der Waals surface area contributed by atoms with Gasteiger partial charge in [0.1, 0.15) is 6.61 Å². The van der Waals surface area contributed by atoms with E-state index in [1.54, 1.807) is 6.07 Å². The molecule has 96 valence electrons. The molecule has 0 aliphatic rings. The molecule has 1 aromatic carbocycles. The highest BCUT2D eigenvalue weighted by atomic mass is 79.9. The van der Waals surface area contributed by atoms with Gasteiger partial charge in [-0.15, -0.1) is 0 Å². The van der Waals surface area contributed by atoms with Gasteiger partial charge in [0.15, 0.2) is 18.4 Å². The van der Waals surface area contributed by atoms with Crippen LogP contribution in [0.2, 0.25) is 0 Å². The molecule has 0 spiro atoms. The minimum Gasteiger partial charge on any atom is -0.464 e. The summed E-state index contributed by atoms with van der Waals surface area (Å²) in [5, 5.41) is 0.481. The topological polar surface area (TPSA) is 18.5 Å². The molecule has 1 rings (SSSR count). The summed E-state index contributed by atoms with van der Waals surface area (Å²) in [7, 11) is 0. The molecule has 0 unspecified atom stereocenters. The molecule has 0 amide bonds. The Balaban J connectivity index is 2.42. The number of hydrogen-bond acceptors (Lipinski definition) is 2. The number of ether oxygens (including phenoxy) is 2. The summed E-state index contributed by atoms with van der Waals surface area (Å²) in [5.41, 5.74) is 0.700. The lowest BCUT2D eigenvalue weighted by Gasteiger charge is -2.10. The van der Waals surface area contributed by atoms with Gasteiger partial charge in [-0.05, 0) is 17.7 Å². The lowest BCUT2D eigenvalue weighted by molar-refractivity contribution is -0.187. The van der Waals surface area contributed by atoms with Crippen LogP contribution in [0.4, 0.5) is 17.6 Å². The minimum atomic E-state index is -4.41. The van der Waals surface area contributed by atoms with Crippen molar-refractivity contribution in [3.05, 3.63) is 29.6 Å². The molecular weight excluding hydrogens is 308 g/mol. The number of halogens is 5. The molecule has 0 radical (unpaired) electrons. The second kappa shape index (κ2) is 6.20. The molecule has 17 heavy (non-hydrogen) atoms. The molecule has 0 N–H and O–H groups in total. The summed E-state index contributed by atoms with van der Waals surface area (Å²) in [4.78, 5) is 0. The van der Waals surface area contributed by atoms with Gasteiger partial charge in [-0.2, -0.15) is 13.2 Å². The quantitative estimate of drug-likeness (QED) is 0.357. The SMILES string of the molecule is Fc1cc(CBr)ccc1OCOCC(F)(F)F. The highest BCUT2D eigenvalue weighted by Gasteiger charge is 2.27. The van der Waals surface area contributed by atoms with Crippen molar-refractivity contribution in [2.24, 2.45) is 0 Å². The highest BCUT2D eigenvalue weighted by molar-refractivity contribution is 9.08. The molecule has 0 bridgehead atoms. The first-order valence-corrected chi connectivity index (χ1v) is 5.66. The van der Waals surface area contributed by atoms with Gasteiger partial charge in [0.25, 0.3) is 0 Å². The zero-order chi connectivity index (χ0) is 12.9. The Morgan fingerprint density at radius 3 is 2.47 bits per heavy atom. The van der Waals surface area contributed by atoms with Crippen LogP contribution in [-0.2, 0) is 10.1 Å². The van der Waals surface area contributed by atoms with E-state index in [2.05, 4.69) is 20.7 Å². The second-order valence-electron chi connectivity index (χ2n) is 3.12. The molecule has 0 saturated heterocycles. The smallest absolute Gasteiger partial charge is 0.411 e. The molecule has 0 heterocycles. The predicted molar refractivity (Wildman–Crippen MR) is 56.5 cm³/mol. The van der Waals surface area contributed by atoms with Gasteiger partial charge in [-0.1, -0.05) is 22.0 Å². The molecule has 0 fully saturated rings. The van der Waals surface area contributed by atoms with Gasteiger partial charge in [-0.3, -0.25) is 0 Å².